The second kappa shape index (κ2) is 6.31. The number of hydrogen-bond acceptors (Lipinski definition) is 2. The average Bonchev–Trinajstić information content (AvgIpc) is 2.42. The molecular weight excluding hydrogens is 282 g/mol. The Kier molecular flexibility index (Phi) is 4.70. The van der Waals surface area contributed by atoms with Crippen molar-refractivity contribution in [3.8, 4) is 0 Å². The van der Waals surface area contributed by atoms with Gasteiger partial charge in [-0.2, -0.15) is 0 Å². The Balaban J connectivity index is 2.36. The predicted octanol–water partition coefficient (Wildman–Crippen LogP) is 3.67. The zero-order valence-corrected chi connectivity index (χ0v) is 11.7. The summed E-state index contributed by atoms with van der Waals surface area (Å²) in [5.74, 6) is 4.38. The van der Waals surface area contributed by atoms with E-state index in [1.807, 2.05) is 13.0 Å². The Morgan fingerprint density at radius 1 is 1.20 bits per heavy atom. The van der Waals surface area contributed by atoms with Gasteiger partial charge in [-0.05, 0) is 48.7 Å². The molecule has 2 rings (SSSR count). The summed E-state index contributed by atoms with van der Waals surface area (Å²) in [6.07, 6.45) is 0.107. The third-order valence-corrected chi connectivity index (χ3v) is 3.52. The van der Waals surface area contributed by atoms with Crippen molar-refractivity contribution in [2.45, 2.75) is 19.4 Å². The molecule has 1 atom stereocenters. The van der Waals surface area contributed by atoms with Crippen LogP contribution < -0.4 is 11.3 Å². The van der Waals surface area contributed by atoms with Gasteiger partial charge in [0.2, 0.25) is 0 Å². The highest BCUT2D eigenvalue weighted by Crippen LogP contribution is 2.26. The van der Waals surface area contributed by atoms with Gasteiger partial charge in [0.15, 0.2) is 0 Å². The first kappa shape index (κ1) is 14.9. The van der Waals surface area contributed by atoms with Crippen LogP contribution in [0.15, 0.2) is 36.4 Å². The summed E-state index contributed by atoms with van der Waals surface area (Å²) in [4.78, 5) is 0. The second-order valence-corrected chi connectivity index (χ2v) is 5.06. The summed E-state index contributed by atoms with van der Waals surface area (Å²) in [5, 5.41) is 0.555. The van der Waals surface area contributed by atoms with Crippen molar-refractivity contribution in [2.75, 3.05) is 0 Å². The minimum Gasteiger partial charge on any atom is -0.271 e. The molecule has 0 radical (unpaired) electrons. The van der Waals surface area contributed by atoms with E-state index in [4.69, 9.17) is 17.4 Å². The van der Waals surface area contributed by atoms with Gasteiger partial charge in [-0.15, -0.1) is 0 Å². The Hall–Kier alpha value is -1.49. The highest BCUT2D eigenvalue weighted by atomic mass is 35.5. The molecule has 0 spiro atoms. The van der Waals surface area contributed by atoms with Gasteiger partial charge in [-0.1, -0.05) is 23.7 Å². The summed E-state index contributed by atoms with van der Waals surface area (Å²) in [6, 6.07) is 8.74. The fraction of sp³-hybridized carbons (Fsp3) is 0.200. The van der Waals surface area contributed by atoms with Crippen LogP contribution in [-0.2, 0) is 6.42 Å². The zero-order chi connectivity index (χ0) is 14.7. The summed E-state index contributed by atoms with van der Waals surface area (Å²) >= 11 is 5.97. The van der Waals surface area contributed by atoms with E-state index in [0.717, 1.165) is 11.1 Å². The minimum absolute atomic E-state index is 0.00910. The van der Waals surface area contributed by atoms with Gasteiger partial charge in [0.05, 0.1) is 6.04 Å². The second-order valence-electron chi connectivity index (χ2n) is 4.62. The van der Waals surface area contributed by atoms with Crippen LogP contribution in [0.3, 0.4) is 0 Å². The summed E-state index contributed by atoms with van der Waals surface area (Å²) in [5.41, 5.74) is 4.38. The van der Waals surface area contributed by atoms with Crippen LogP contribution in [0.1, 0.15) is 22.7 Å². The Labute approximate surface area is 121 Å². The summed E-state index contributed by atoms with van der Waals surface area (Å²) < 4.78 is 27.4. The van der Waals surface area contributed by atoms with Crippen LogP contribution in [0.2, 0.25) is 5.02 Å². The van der Waals surface area contributed by atoms with E-state index in [2.05, 4.69) is 5.43 Å². The highest BCUT2D eigenvalue weighted by Gasteiger charge is 2.18. The lowest BCUT2D eigenvalue weighted by Gasteiger charge is -2.19. The molecule has 20 heavy (non-hydrogen) atoms. The molecule has 5 heteroatoms. The molecule has 0 aromatic heterocycles. The van der Waals surface area contributed by atoms with Crippen molar-refractivity contribution in [3.05, 3.63) is 69.7 Å². The maximum atomic E-state index is 13.7. The normalized spacial score (nSPS) is 12.4. The van der Waals surface area contributed by atoms with E-state index >= 15 is 0 Å². The lowest BCUT2D eigenvalue weighted by atomic mass is 9.95. The number of rotatable bonds is 4. The maximum Gasteiger partial charge on any atom is 0.129 e. The number of hydrogen-bond donors (Lipinski definition) is 2. The maximum absolute atomic E-state index is 13.7. The SMILES string of the molecule is Cc1ccc(Cl)cc1C(Cc1c(F)cccc1F)NN. The standard InChI is InChI=1S/C15H15ClF2N2/c1-9-5-6-10(16)7-11(9)15(20-19)8-12-13(17)3-2-4-14(12)18/h2-7,15,20H,8,19H2,1H3. The largest absolute Gasteiger partial charge is 0.271 e. The van der Waals surface area contributed by atoms with Gasteiger partial charge in [-0.25, -0.2) is 8.78 Å². The van der Waals surface area contributed by atoms with Gasteiger partial charge < -0.3 is 0 Å². The van der Waals surface area contributed by atoms with E-state index < -0.39 is 17.7 Å². The molecule has 106 valence electrons. The van der Waals surface area contributed by atoms with Crippen molar-refractivity contribution >= 4 is 11.6 Å². The predicted molar refractivity (Wildman–Crippen MR) is 76.3 cm³/mol. The van der Waals surface area contributed by atoms with E-state index in [1.54, 1.807) is 12.1 Å². The first-order chi connectivity index (χ1) is 9.52. The number of benzene rings is 2. The summed E-state index contributed by atoms with van der Waals surface area (Å²) in [6.45, 7) is 1.90. The monoisotopic (exact) mass is 296 g/mol. The topological polar surface area (TPSA) is 38.0 Å². The first-order valence-corrected chi connectivity index (χ1v) is 6.55. The smallest absolute Gasteiger partial charge is 0.129 e. The molecular formula is C15H15ClF2N2. The molecule has 0 heterocycles. The highest BCUT2D eigenvalue weighted by molar-refractivity contribution is 6.30. The molecule has 0 aliphatic heterocycles. The molecule has 0 saturated carbocycles. The van der Waals surface area contributed by atoms with E-state index in [9.17, 15) is 8.78 Å². The van der Waals surface area contributed by atoms with Crippen molar-refractivity contribution in [1.29, 1.82) is 0 Å². The van der Waals surface area contributed by atoms with E-state index in [0.29, 0.717) is 5.02 Å². The molecule has 0 saturated heterocycles. The van der Waals surface area contributed by atoms with E-state index in [1.165, 1.54) is 18.2 Å². The zero-order valence-electron chi connectivity index (χ0n) is 11.0. The van der Waals surface area contributed by atoms with Crippen molar-refractivity contribution in [3.63, 3.8) is 0 Å². The van der Waals surface area contributed by atoms with Crippen molar-refractivity contribution in [2.24, 2.45) is 5.84 Å². The fourth-order valence-electron chi connectivity index (χ4n) is 2.18. The molecule has 0 aliphatic carbocycles. The average molecular weight is 297 g/mol. The van der Waals surface area contributed by atoms with Gasteiger partial charge in [0, 0.05) is 10.6 Å². The molecule has 2 nitrogen and oxygen atoms in total. The van der Waals surface area contributed by atoms with Gasteiger partial charge >= 0.3 is 0 Å². The quantitative estimate of drug-likeness (QED) is 0.667. The van der Waals surface area contributed by atoms with E-state index in [-0.39, 0.29) is 12.0 Å². The number of hydrazine groups is 1. The molecule has 2 aromatic carbocycles. The summed E-state index contributed by atoms with van der Waals surface area (Å²) in [7, 11) is 0. The number of nitrogens with two attached hydrogens (primary N) is 1. The van der Waals surface area contributed by atoms with Gasteiger partial charge in [-0.3, -0.25) is 11.3 Å². The number of nitrogens with one attached hydrogen (secondary N) is 1. The van der Waals surface area contributed by atoms with Crippen LogP contribution >= 0.6 is 11.6 Å². The van der Waals surface area contributed by atoms with Crippen LogP contribution in [-0.4, -0.2) is 0 Å². The Bertz CT molecular complexity index is 597. The fourth-order valence-corrected chi connectivity index (χ4v) is 2.36. The lowest BCUT2D eigenvalue weighted by Crippen LogP contribution is -2.30. The molecule has 0 bridgehead atoms. The van der Waals surface area contributed by atoms with Crippen LogP contribution in [0.5, 0.6) is 0 Å². The molecule has 0 aliphatic rings. The minimum atomic E-state index is -0.579. The Morgan fingerprint density at radius 3 is 2.45 bits per heavy atom. The first-order valence-electron chi connectivity index (χ1n) is 6.18. The third kappa shape index (κ3) is 3.15. The molecule has 0 fully saturated rings. The number of aryl methyl sites for hydroxylation is 1. The van der Waals surface area contributed by atoms with Crippen molar-refractivity contribution < 1.29 is 8.78 Å². The van der Waals surface area contributed by atoms with Gasteiger partial charge in [0.25, 0.3) is 0 Å². The van der Waals surface area contributed by atoms with Crippen LogP contribution in [0.25, 0.3) is 0 Å². The molecule has 3 N–H and O–H groups in total. The molecule has 1 unspecified atom stereocenters. The lowest BCUT2D eigenvalue weighted by molar-refractivity contribution is 0.498. The molecule has 2 aromatic rings. The number of halogens is 3. The third-order valence-electron chi connectivity index (χ3n) is 3.29. The van der Waals surface area contributed by atoms with Crippen molar-refractivity contribution in [1.82, 2.24) is 5.43 Å². The molecule has 0 amide bonds. The Morgan fingerprint density at radius 2 is 1.85 bits per heavy atom. The van der Waals surface area contributed by atoms with Crippen LogP contribution in [0, 0.1) is 18.6 Å². The van der Waals surface area contributed by atoms with Gasteiger partial charge in [0.1, 0.15) is 11.6 Å². The van der Waals surface area contributed by atoms with Crippen LogP contribution in [0.4, 0.5) is 8.78 Å².